The van der Waals surface area contributed by atoms with Crippen molar-refractivity contribution in [3.05, 3.63) is 123 Å². The minimum atomic E-state index is -0.698. The first-order valence-corrected chi connectivity index (χ1v) is 19.4. The molecule has 0 fully saturated rings. The fraction of sp³-hybridized carbons (Fsp3) is 0.364. The van der Waals surface area contributed by atoms with E-state index in [0.717, 1.165) is 6.42 Å². The molecule has 0 aromatic heterocycles. The first kappa shape index (κ1) is 31.6. The highest BCUT2D eigenvalue weighted by Gasteiger charge is 2.37. The van der Waals surface area contributed by atoms with Crippen LogP contribution in [0, 0.1) is 5.92 Å². The van der Waals surface area contributed by atoms with Gasteiger partial charge in [0.1, 0.15) is 0 Å². The van der Waals surface area contributed by atoms with E-state index in [9.17, 15) is 0 Å². The van der Waals surface area contributed by atoms with Crippen LogP contribution < -0.4 is 5.19 Å². The molecule has 1 unspecified atom stereocenters. The summed E-state index contributed by atoms with van der Waals surface area (Å²) < 4.78 is 0. The molecule has 2 aliphatic carbocycles. The van der Waals surface area contributed by atoms with Crippen molar-refractivity contribution in [1.29, 1.82) is 0 Å². The number of hydrogen-bond acceptors (Lipinski definition) is 0. The lowest BCUT2D eigenvalue weighted by Crippen LogP contribution is -2.26. The van der Waals surface area contributed by atoms with Crippen LogP contribution in [0.3, 0.4) is 0 Å². The molecule has 1 heteroatoms. The average Bonchev–Trinajstić information content (AvgIpc) is 3.52. The molecule has 1 radical (unpaired) electrons. The summed E-state index contributed by atoms with van der Waals surface area (Å²) in [5, 5.41) is 1.55. The second-order valence-corrected chi connectivity index (χ2v) is 18.6. The molecular formula is C44H51Si. The highest BCUT2D eigenvalue weighted by Crippen LogP contribution is 2.54. The van der Waals surface area contributed by atoms with Crippen molar-refractivity contribution in [3.8, 4) is 22.3 Å². The smallest absolute Gasteiger partial charge is 0.0671 e. The van der Waals surface area contributed by atoms with E-state index in [4.69, 9.17) is 0 Å². The van der Waals surface area contributed by atoms with Crippen LogP contribution in [0.5, 0.6) is 0 Å². The van der Waals surface area contributed by atoms with Crippen LogP contribution in [0.4, 0.5) is 0 Å². The summed E-state index contributed by atoms with van der Waals surface area (Å²) >= 11 is 0. The average molecular weight is 608 g/mol. The number of allylic oxidation sites excluding steroid dienone is 3. The maximum Gasteiger partial charge on any atom is 0.0800 e. The summed E-state index contributed by atoms with van der Waals surface area (Å²) in [4.78, 5) is 0. The Kier molecular flexibility index (Phi) is 8.01. The van der Waals surface area contributed by atoms with Gasteiger partial charge >= 0.3 is 0 Å². The van der Waals surface area contributed by atoms with Gasteiger partial charge in [-0.25, -0.2) is 0 Å². The van der Waals surface area contributed by atoms with Gasteiger partial charge in [0, 0.05) is 5.92 Å². The molecule has 0 N–H and O–H groups in total. The van der Waals surface area contributed by atoms with E-state index >= 15 is 0 Å². The number of rotatable bonds is 5. The molecule has 45 heavy (non-hydrogen) atoms. The Morgan fingerprint density at radius 1 is 0.689 bits per heavy atom. The number of fused-ring (bicyclic) bond motifs is 2. The van der Waals surface area contributed by atoms with Crippen molar-refractivity contribution in [2.24, 2.45) is 5.92 Å². The van der Waals surface area contributed by atoms with Crippen LogP contribution in [-0.2, 0) is 17.3 Å². The Balaban J connectivity index is 1.55. The van der Waals surface area contributed by atoms with Crippen molar-refractivity contribution in [2.45, 2.75) is 98.6 Å². The van der Waals surface area contributed by atoms with Crippen molar-refractivity contribution in [3.63, 3.8) is 0 Å². The topological polar surface area (TPSA) is 0 Å². The zero-order valence-corrected chi connectivity index (χ0v) is 30.4. The van der Waals surface area contributed by atoms with E-state index < -0.39 is 8.80 Å². The molecule has 0 aliphatic heterocycles. The van der Waals surface area contributed by atoms with Crippen LogP contribution in [0.1, 0.15) is 102 Å². The monoisotopic (exact) mass is 607 g/mol. The largest absolute Gasteiger partial charge is 0.0800 e. The minimum absolute atomic E-state index is 0.139. The Morgan fingerprint density at radius 2 is 1.27 bits per heavy atom. The van der Waals surface area contributed by atoms with E-state index in [2.05, 4.69) is 160 Å². The summed E-state index contributed by atoms with van der Waals surface area (Å²) in [7, 11) is -0.698. The van der Waals surface area contributed by atoms with Gasteiger partial charge in [-0.15, -0.1) is 0 Å². The minimum Gasteiger partial charge on any atom is -0.0671 e. The number of hydrogen-bond donors (Lipinski definition) is 0. The predicted molar refractivity (Wildman–Crippen MR) is 200 cm³/mol. The van der Waals surface area contributed by atoms with Gasteiger partial charge in [-0.2, -0.15) is 0 Å². The molecule has 2 aliphatic rings. The second-order valence-electron chi connectivity index (χ2n) is 16.1. The Hall–Kier alpha value is -3.42. The van der Waals surface area contributed by atoms with Crippen LogP contribution in [0.15, 0.2) is 90.0 Å². The van der Waals surface area contributed by atoms with Crippen molar-refractivity contribution < 1.29 is 0 Å². The van der Waals surface area contributed by atoms with E-state index in [1.807, 2.05) is 0 Å². The normalized spacial score (nSPS) is 16.5. The Labute approximate surface area is 274 Å². The molecule has 0 spiro atoms. The van der Waals surface area contributed by atoms with Gasteiger partial charge in [0.05, 0.1) is 8.80 Å². The zero-order valence-electron chi connectivity index (χ0n) is 29.4. The first-order chi connectivity index (χ1) is 21.2. The Morgan fingerprint density at radius 3 is 1.80 bits per heavy atom. The first-order valence-electron chi connectivity index (χ1n) is 16.9. The molecular weight excluding hydrogens is 557 g/mol. The summed E-state index contributed by atoms with van der Waals surface area (Å²) in [6.45, 7) is 25.9. The summed E-state index contributed by atoms with van der Waals surface area (Å²) in [5.74, 6) is 0.768. The molecule has 0 bridgehead atoms. The van der Waals surface area contributed by atoms with Crippen LogP contribution >= 0.6 is 0 Å². The molecule has 6 rings (SSSR count). The highest BCUT2D eigenvalue weighted by molar-refractivity contribution is 6.72. The summed E-state index contributed by atoms with van der Waals surface area (Å²) in [6.07, 6.45) is 3.55. The fourth-order valence-corrected chi connectivity index (χ4v) is 8.78. The lowest BCUT2D eigenvalue weighted by Gasteiger charge is -2.26. The molecule has 0 heterocycles. The zero-order chi connectivity index (χ0) is 32.4. The van der Waals surface area contributed by atoms with Gasteiger partial charge in [0.15, 0.2) is 0 Å². The molecule has 0 amide bonds. The number of benzene rings is 4. The van der Waals surface area contributed by atoms with Gasteiger partial charge in [-0.1, -0.05) is 170 Å². The van der Waals surface area contributed by atoms with Crippen molar-refractivity contribution in [2.75, 3.05) is 0 Å². The summed E-state index contributed by atoms with van der Waals surface area (Å²) in [6, 6.07) is 30.8. The van der Waals surface area contributed by atoms with Gasteiger partial charge in [0.25, 0.3) is 0 Å². The molecule has 4 aromatic carbocycles. The maximum atomic E-state index is 2.49. The van der Waals surface area contributed by atoms with E-state index in [1.54, 1.807) is 16.3 Å². The van der Waals surface area contributed by atoms with Gasteiger partial charge in [-0.05, 0) is 91.3 Å². The highest BCUT2D eigenvalue weighted by atomic mass is 28.3. The van der Waals surface area contributed by atoms with Gasteiger partial charge in [-0.3, -0.25) is 0 Å². The predicted octanol–water partition coefficient (Wildman–Crippen LogP) is 11.7. The molecule has 0 saturated carbocycles. The maximum absolute atomic E-state index is 2.49. The second kappa shape index (κ2) is 11.4. The van der Waals surface area contributed by atoms with Crippen LogP contribution in [-0.4, -0.2) is 8.80 Å². The molecule has 1 atom stereocenters. The van der Waals surface area contributed by atoms with Crippen LogP contribution in [0.25, 0.3) is 33.9 Å². The van der Waals surface area contributed by atoms with Crippen molar-refractivity contribution in [1.82, 2.24) is 0 Å². The molecule has 4 aromatic rings. The lowest BCUT2D eigenvalue weighted by atomic mass is 9.79. The van der Waals surface area contributed by atoms with Crippen molar-refractivity contribution >= 4 is 25.6 Å². The third-order valence-corrected chi connectivity index (χ3v) is 11.7. The SMILES string of the molecule is CC1=Cc2c(-c3ccc(C(C)(C)C)cc3)cccc2C1C1=C(C(C)C)Cc2ccc([Si](C)C)c(-c3ccc(C(C)(C)C)cc3)c21. The fourth-order valence-electron chi connectivity index (χ4n) is 7.60. The van der Waals surface area contributed by atoms with E-state index in [-0.39, 0.29) is 16.7 Å². The van der Waals surface area contributed by atoms with Gasteiger partial charge in [0.2, 0.25) is 0 Å². The summed E-state index contributed by atoms with van der Waals surface area (Å²) in [5.41, 5.74) is 19.1. The third kappa shape index (κ3) is 5.63. The lowest BCUT2D eigenvalue weighted by molar-refractivity contribution is 0.590. The molecule has 0 saturated heterocycles. The molecule has 0 nitrogen and oxygen atoms in total. The standard InChI is InChI=1S/C44H51Si/c1-27(2)36-26-31-19-24-38(45(10)11)40(30-17-22-33(23-18-30)44(7,8)9)41(31)42(36)39-28(3)25-37-34(13-12-14-35(37)39)29-15-20-32(21-16-29)43(4,5)6/h12-25,27,39H,26H2,1-11H3. The Bertz CT molecular complexity index is 1810. The third-order valence-electron chi connectivity index (χ3n) is 10.2. The van der Waals surface area contributed by atoms with Crippen LogP contribution in [0.2, 0.25) is 13.1 Å². The quantitative estimate of drug-likeness (QED) is 0.198. The van der Waals surface area contributed by atoms with Gasteiger partial charge < -0.3 is 0 Å². The molecule has 231 valence electrons. The van der Waals surface area contributed by atoms with E-state index in [1.165, 1.54) is 61.2 Å². The van der Waals surface area contributed by atoms with E-state index in [0.29, 0.717) is 5.92 Å².